The summed E-state index contributed by atoms with van der Waals surface area (Å²) in [5.41, 5.74) is -4.36. The number of hydrogen-bond acceptors (Lipinski definition) is 1. The standard InChI is InChI=1S/C8HF7O/c9-4-2(1-16)3(8(13,14)15)5(10)7(12)6(4)11/h1H. The predicted octanol–water partition coefficient (Wildman–Crippen LogP) is 3.07. The van der Waals surface area contributed by atoms with Gasteiger partial charge in [0.2, 0.25) is 0 Å². The molecular formula is C8HF7O. The van der Waals surface area contributed by atoms with E-state index in [0.717, 1.165) is 0 Å². The highest BCUT2D eigenvalue weighted by Gasteiger charge is 2.41. The number of carbonyl (C=O) groups excluding carboxylic acids is 1. The van der Waals surface area contributed by atoms with Crippen molar-refractivity contribution < 1.29 is 35.5 Å². The predicted molar refractivity (Wildman–Crippen MR) is 36.7 cm³/mol. The molecule has 16 heavy (non-hydrogen) atoms. The Bertz CT molecular complexity index is 449. The van der Waals surface area contributed by atoms with E-state index in [1.807, 2.05) is 0 Å². The van der Waals surface area contributed by atoms with E-state index in [1.54, 1.807) is 0 Å². The molecule has 0 amide bonds. The molecule has 1 aromatic carbocycles. The van der Waals surface area contributed by atoms with E-state index in [0.29, 0.717) is 0 Å². The Morgan fingerprint density at radius 1 is 0.812 bits per heavy atom. The van der Waals surface area contributed by atoms with E-state index in [2.05, 4.69) is 0 Å². The number of alkyl halides is 3. The minimum Gasteiger partial charge on any atom is -0.298 e. The first kappa shape index (κ1) is 12.5. The second-order valence-corrected chi connectivity index (χ2v) is 2.66. The smallest absolute Gasteiger partial charge is 0.298 e. The highest BCUT2D eigenvalue weighted by molar-refractivity contribution is 5.78. The second kappa shape index (κ2) is 3.76. The number of carbonyl (C=O) groups is 1. The Hall–Kier alpha value is -1.60. The molecule has 0 N–H and O–H groups in total. The van der Waals surface area contributed by atoms with E-state index in [4.69, 9.17) is 0 Å². The zero-order chi connectivity index (χ0) is 12.7. The van der Waals surface area contributed by atoms with Crippen LogP contribution in [0.1, 0.15) is 15.9 Å². The maximum atomic E-state index is 12.7. The summed E-state index contributed by atoms with van der Waals surface area (Å²) >= 11 is 0. The molecule has 0 aliphatic rings. The zero-order valence-corrected chi connectivity index (χ0v) is 7.13. The second-order valence-electron chi connectivity index (χ2n) is 2.66. The molecule has 0 radical (unpaired) electrons. The molecule has 0 aliphatic heterocycles. The van der Waals surface area contributed by atoms with E-state index in [1.165, 1.54) is 0 Å². The Kier molecular flexibility index (Phi) is 2.93. The lowest BCUT2D eigenvalue weighted by Gasteiger charge is -2.12. The summed E-state index contributed by atoms with van der Waals surface area (Å²) < 4.78 is 86.8. The Morgan fingerprint density at radius 2 is 1.25 bits per heavy atom. The average molecular weight is 246 g/mol. The topological polar surface area (TPSA) is 17.1 Å². The van der Waals surface area contributed by atoms with E-state index in [9.17, 15) is 35.5 Å². The van der Waals surface area contributed by atoms with Crippen molar-refractivity contribution in [3.05, 3.63) is 34.4 Å². The fourth-order valence-electron chi connectivity index (χ4n) is 1.04. The summed E-state index contributed by atoms with van der Waals surface area (Å²) in [6.07, 6.45) is -6.24. The molecule has 0 bridgehead atoms. The van der Waals surface area contributed by atoms with Gasteiger partial charge in [-0.25, -0.2) is 17.6 Å². The molecule has 0 unspecified atom stereocenters. The van der Waals surface area contributed by atoms with Crippen LogP contribution in [-0.2, 0) is 6.18 Å². The summed E-state index contributed by atoms with van der Waals surface area (Å²) in [5, 5.41) is 0. The van der Waals surface area contributed by atoms with Gasteiger partial charge in [-0.2, -0.15) is 13.2 Å². The maximum Gasteiger partial charge on any atom is 0.420 e. The van der Waals surface area contributed by atoms with Gasteiger partial charge in [-0.05, 0) is 0 Å². The van der Waals surface area contributed by atoms with Crippen LogP contribution in [0.15, 0.2) is 0 Å². The van der Waals surface area contributed by atoms with Crippen LogP contribution in [0.4, 0.5) is 30.7 Å². The molecule has 0 heterocycles. The van der Waals surface area contributed by atoms with Crippen molar-refractivity contribution in [1.82, 2.24) is 0 Å². The van der Waals surface area contributed by atoms with Crippen LogP contribution in [0.5, 0.6) is 0 Å². The van der Waals surface area contributed by atoms with Gasteiger partial charge in [-0.15, -0.1) is 0 Å². The molecule has 88 valence electrons. The van der Waals surface area contributed by atoms with Gasteiger partial charge < -0.3 is 0 Å². The van der Waals surface area contributed by atoms with Gasteiger partial charge in [0.25, 0.3) is 0 Å². The molecule has 0 fully saturated rings. The number of rotatable bonds is 1. The van der Waals surface area contributed by atoms with Crippen LogP contribution in [0, 0.1) is 23.3 Å². The van der Waals surface area contributed by atoms with E-state index >= 15 is 0 Å². The molecule has 0 saturated carbocycles. The van der Waals surface area contributed by atoms with Crippen LogP contribution in [0.3, 0.4) is 0 Å². The molecule has 0 atom stereocenters. The maximum absolute atomic E-state index is 12.7. The van der Waals surface area contributed by atoms with Crippen LogP contribution >= 0.6 is 0 Å². The molecule has 1 aromatic rings. The molecule has 1 nitrogen and oxygen atoms in total. The first-order valence-electron chi connectivity index (χ1n) is 3.60. The van der Waals surface area contributed by atoms with Gasteiger partial charge in [0.1, 0.15) is 5.56 Å². The molecule has 8 heteroatoms. The Balaban J connectivity index is 3.79. The third-order valence-corrected chi connectivity index (χ3v) is 1.70. The van der Waals surface area contributed by atoms with Crippen molar-refractivity contribution in [3.63, 3.8) is 0 Å². The van der Waals surface area contributed by atoms with Crippen LogP contribution in [0.25, 0.3) is 0 Å². The van der Waals surface area contributed by atoms with Crippen molar-refractivity contribution >= 4 is 6.29 Å². The Morgan fingerprint density at radius 3 is 1.62 bits per heavy atom. The summed E-state index contributed by atoms with van der Waals surface area (Å²) in [6, 6.07) is 0. The minimum atomic E-state index is -5.50. The third-order valence-electron chi connectivity index (χ3n) is 1.70. The van der Waals surface area contributed by atoms with Crippen molar-refractivity contribution in [2.45, 2.75) is 6.18 Å². The van der Waals surface area contributed by atoms with Gasteiger partial charge in [0, 0.05) is 0 Å². The lowest BCUT2D eigenvalue weighted by atomic mass is 10.1. The Labute approximate surface area is 83.5 Å². The lowest BCUT2D eigenvalue weighted by Crippen LogP contribution is -2.17. The van der Waals surface area contributed by atoms with Crippen LogP contribution < -0.4 is 0 Å². The summed E-state index contributed by atoms with van der Waals surface area (Å²) in [5.74, 6) is -10.1. The monoisotopic (exact) mass is 246 g/mol. The van der Waals surface area contributed by atoms with Gasteiger partial charge in [-0.3, -0.25) is 4.79 Å². The first-order chi connectivity index (χ1) is 7.21. The van der Waals surface area contributed by atoms with E-state index in [-0.39, 0.29) is 0 Å². The minimum absolute atomic E-state index is 0.732. The van der Waals surface area contributed by atoms with Gasteiger partial charge in [0.15, 0.2) is 29.6 Å². The van der Waals surface area contributed by atoms with Crippen molar-refractivity contribution in [3.8, 4) is 0 Å². The highest BCUT2D eigenvalue weighted by atomic mass is 19.4. The quantitative estimate of drug-likeness (QED) is 0.322. The largest absolute Gasteiger partial charge is 0.420 e. The van der Waals surface area contributed by atoms with Crippen LogP contribution in [-0.4, -0.2) is 6.29 Å². The summed E-state index contributed by atoms with van der Waals surface area (Å²) in [6.45, 7) is 0. The SMILES string of the molecule is O=Cc1c(F)c(F)c(F)c(F)c1C(F)(F)F. The highest BCUT2D eigenvalue weighted by Crippen LogP contribution is 2.36. The first-order valence-corrected chi connectivity index (χ1v) is 3.60. The van der Waals surface area contributed by atoms with Crippen molar-refractivity contribution in [2.24, 2.45) is 0 Å². The average Bonchev–Trinajstić information content (AvgIpc) is 2.18. The molecule has 0 aliphatic carbocycles. The molecule has 1 rings (SSSR count). The number of aldehydes is 1. The number of halogens is 7. The molecule has 0 spiro atoms. The van der Waals surface area contributed by atoms with Crippen molar-refractivity contribution in [2.75, 3.05) is 0 Å². The normalized spacial score (nSPS) is 11.7. The third kappa shape index (κ3) is 1.74. The fourth-order valence-corrected chi connectivity index (χ4v) is 1.04. The lowest BCUT2D eigenvalue weighted by molar-refractivity contribution is -0.140. The van der Waals surface area contributed by atoms with Gasteiger partial charge in [0.05, 0.1) is 5.56 Å². The summed E-state index contributed by atoms with van der Waals surface area (Å²) in [4.78, 5) is 10.1. The number of benzene rings is 1. The van der Waals surface area contributed by atoms with Gasteiger partial charge in [-0.1, -0.05) is 0 Å². The molecule has 0 aromatic heterocycles. The zero-order valence-electron chi connectivity index (χ0n) is 7.13. The molecule has 0 saturated heterocycles. The molecular weight excluding hydrogens is 245 g/mol. The van der Waals surface area contributed by atoms with Crippen molar-refractivity contribution in [1.29, 1.82) is 0 Å². The fraction of sp³-hybridized carbons (Fsp3) is 0.125. The van der Waals surface area contributed by atoms with Crippen LogP contribution in [0.2, 0.25) is 0 Å². The van der Waals surface area contributed by atoms with Gasteiger partial charge >= 0.3 is 6.18 Å². The number of hydrogen-bond donors (Lipinski definition) is 0. The summed E-state index contributed by atoms with van der Waals surface area (Å²) in [7, 11) is 0. The van der Waals surface area contributed by atoms with E-state index < -0.39 is 46.9 Å².